The molecule has 5 nitrogen and oxygen atoms in total. The van der Waals surface area contributed by atoms with Gasteiger partial charge in [-0.25, -0.2) is 0 Å². The third kappa shape index (κ3) is 4.04. The first-order valence-electron chi connectivity index (χ1n) is 6.28. The van der Waals surface area contributed by atoms with Crippen molar-refractivity contribution in [1.82, 2.24) is 4.90 Å². The first-order chi connectivity index (χ1) is 9.04. The molecule has 0 saturated carbocycles. The van der Waals surface area contributed by atoms with Crippen LogP contribution in [0.3, 0.4) is 0 Å². The topological polar surface area (TPSA) is 75.4 Å². The van der Waals surface area contributed by atoms with Crippen molar-refractivity contribution < 1.29 is 9.00 Å². The lowest BCUT2D eigenvalue weighted by atomic mass is 10.2. The van der Waals surface area contributed by atoms with Gasteiger partial charge < -0.3 is 11.1 Å². The monoisotopic (exact) mass is 281 g/mol. The Labute approximate surface area is 115 Å². The second-order valence-electron chi connectivity index (χ2n) is 4.76. The summed E-state index contributed by atoms with van der Waals surface area (Å²) in [6, 6.07) is 5.56. The highest BCUT2D eigenvalue weighted by atomic mass is 32.2. The number of nitrogens with zero attached hydrogens (tertiary/aromatic N) is 1. The average Bonchev–Trinajstić information content (AvgIpc) is 2.36. The molecule has 0 atom stereocenters. The van der Waals surface area contributed by atoms with Gasteiger partial charge in [-0.15, -0.1) is 0 Å². The molecule has 3 N–H and O–H groups in total. The van der Waals surface area contributed by atoms with Crippen molar-refractivity contribution >= 4 is 28.1 Å². The number of nitrogens with two attached hydrogens (primary N) is 1. The van der Waals surface area contributed by atoms with Gasteiger partial charge in [-0.2, -0.15) is 0 Å². The van der Waals surface area contributed by atoms with E-state index in [0.29, 0.717) is 42.5 Å². The Bertz CT molecular complexity index is 495. The van der Waals surface area contributed by atoms with Gasteiger partial charge in [-0.1, -0.05) is 6.07 Å². The van der Waals surface area contributed by atoms with Crippen LogP contribution in [0.15, 0.2) is 18.2 Å². The van der Waals surface area contributed by atoms with Gasteiger partial charge in [0.05, 0.1) is 17.9 Å². The molecular formula is C13H19N3O2S. The van der Waals surface area contributed by atoms with Crippen molar-refractivity contribution in [2.24, 2.45) is 0 Å². The lowest BCUT2D eigenvalue weighted by Gasteiger charge is -2.25. The van der Waals surface area contributed by atoms with Crippen molar-refractivity contribution in [3.8, 4) is 0 Å². The highest BCUT2D eigenvalue weighted by molar-refractivity contribution is 7.85. The number of aryl methyl sites for hydroxylation is 1. The van der Waals surface area contributed by atoms with Crippen LogP contribution in [-0.2, 0) is 15.6 Å². The third-order valence-corrected chi connectivity index (χ3v) is 4.39. The number of amides is 1. The number of nitrogens with one attached hydrogen (secondary N) is 1. The first-order valence-corrected chi connectivity index (χ1v) is 7.77. The highest BCUT2D eigenvalue weighted by Crippen LogP contribution is 2.19. The maximum Gasteiger partial charge on any atom is 0.238 e. The number of anilines is 2. The van der Waals surface area contributed by atoms with Crippen LogP contribution in [0.5, 0.6) is 0 Å². The van der Waals surface area contributed by atoms with Gasteiger partial charge in [-0.05, 0) is 24.6 Å². The molecular weight excluding hydrogens is 262 g/mol. The van der Waals surface area contributed by atoms with Gasteiger partial charge in [0.2, 0.25) is 5.91 Å². The SMILES string of the molecule is Cc1ccc(NC(=O)CN2CCS(=O)CC2)c(N)c1. The van der Waals surface area contributed by atoms with Gasteiger partial charge in [-0.3, -0.25) is 13.9 Å². The van der Waals surface area contributed by atoms with Gasteiger partial charge in [0, 0.05) is 35.4 Å². The van der Waals surface area contributed by atoms with Gasteiger partial charge >= 0.3 is 0 Å². The number of benzene rings is 1. The predicted octanol–water partition coefficient (Wildman–Crippen LogP) is 0.580. The lowest BCUT2D eigenvalue weighted by molar-refractivity contribution is -0.117. The van der Waals surface area contributed by atoms with Crippen LogP contribution >= 0.6 is 0 Å². The molecule has 1 aliphatic heterocycles. The number of nitrogen functional groups attached to an aromatic ring is 1. The summed E-state index contributed by atoms with van der Waals surface area (Å²) in [5.41, 5.74) is 8.14. The normalized spacial score (nSPS) is 17.3. The molecule has 1 heterocycles. The van der Waals surface area contributed by atoms with Gasteiger partial charge in [0.15, 0.2) is 0 Å². The molecule has 0 spiro atoms. The molecule has 104 valence electrons. The molecule has 1 fully saturated rings. The standard InChI is InChI=1S/C13H19N3O2S/c1-10-2-3-12(11(14)8-10)15-13(17)9-16-4-6-19(18)7-5-16/h2-3,8H,4-7,9,14H2,1H3,(H,15,17). The predicted molar refractivity (Wildman–Crippen MR) is 78.5 cm³/mol. The molecule has 1 aromatic rings. The second-order valence-corrected chi connectivity index (χ2v) is 6.46. The Morgan fingerprint density at radius 1 is 1.42 bits per heavy atom. The second kappa shape index (κ2) is 6.16. The number of hydrogen-bond acceptors (Lipinski definition) is 4. The molecule has 1 saturated heterocycles. The van der Waals surface area contributed by atoms with E-state index < -0.39 is 10.8 Å². The minimum Gasteiger partial charge on any atom is -0.397 e. The third-order valence-electron chi connectivity index (χ3n) is 3.12. The number of carbonyl (C=O) groups is 1. The quantitative estimate of drug-likeness (QED) is 0.795. The van der Waals surface area contributed by atoms with E-state index in [1.54, 1.807) is 0 Å². The fraction of sp³-hybridized carbons (Fsp3) is 0.462. The summed E-state index contributed by atoms with van der Waals surface area (Å²) in [4.78, 5) is 13.9. The molecule has 6 heteroatoms. The number of hydrogen-bond donors (Lipinski definition) is 2. The van der Waals surface area contributed by atoms with E-state index in [2.05, 4.69) is 5.32 Å². The average molecular weight is 281 g/mol. The molecule has 0 bridgehead atoms. The van der Waals surface area contributed by atoms with Crippen molar-refractivity contribution in [1.29, 1.82) is 0 Å². The maximum absolute atomic E-state index is 11.9. The lowest BCUT2D eigenvalue weighted by Crippen LogP contribution is -2.42. The fourth-order valence-corrected chi connectivity index (χ4v) is 3.15. The molecule has 0 aliphatic carbocycles. The van der Waals surface area contributed by atoms with E-state index in [-0.39, 0.29) is 5.91 Å². The Hall–Kier alpha value is -1.40. The summed E-state index contributed by atoms with van der Waals surface area (Å²) in [6.07, 6.45) is 0. The number of carbonyl (C=O) groups excluding carboxylic acids is 1. The van der Waals surface area contributed by atoms with Crippen molar-refractivity contribution in [3.63, 3.8) is 0 Å². The molecule has 1 aliphatic rings. The molecule has 2 rings (SSSR count). The summed E-state index contributed by atoms with van der Waals surface area (Å²) in [5, 5.41) is 2.81. The summed E-state index contributed by atoms with van der Waals surface area (Å²) < 4.78 is 11.2. The van der Waals surface area contributed by atoms with Crippen LogP contribution in [-0.4, -0.2) is 46.2 Å². The van der Waals surface area contributed by atoms with E-state index in [1.807, 2.05) is 30.0 Å². The van der Waals surface area contributed by atoms with Crippen LogP contribution in [0.4, 0.5) is 11.4 Å². The summed E-state index contributed by atoms with van der Waals surface area (Å²) in [5.74, 6) is 1.23. The van der Waals surface area contributed by atoms with Gasteiger partial charge in [0.1, 0.15) is 0 Å². The zero-order valence-electron chi connectivity index (χ0n) is 11.0. The maximum atomic E-state index is 11.9. The zero-order valence-corrected chi connectivity index (χ0v) is 11.8. The Morgan fingerprint density at radius 3 is 2.74 bits per heavy atom. The molecule has 0 unspecified atom stereocenters. The highest BCUT2D eigenvalue weighted by Gasteiger charge is 2.17. The number of rotatable bonds is 3. The molecule has 19 heavy (non-hydrogen) atoms. The van der Waals surface area contributed by atoms with Crippen LogP contribution in [0.2, 0.25) is 0 Å². The summed E-state index contributed by atoms with van der Waals surface area (Å²) in [7, 11) is -0.713. The fourth-order valence-electron chi connectivity index (χ4n) is 2.02. The van der Waals surface area contributed by atoms with Crippen LogP contribution in [0.1, 0.15) is 5.56 Å². The Balaban J connectivity index is 1.89. The van der Waals surface area contributed by atoms with E-state index in [9.17, 15) is 9.00 Å². The minimum atomic E-state index is -0.713. The molecule has 0 radical (unpaired) electrons. The molecule has 0 aromatic heterocycles. The van der Waals surface area contributed by atoms with E-state index in [0.717, 1.165) is 5.56 Å². The summed E-state index contributed by atoms with van der Waals surface area (Å²) in [6.45, 7) is 3.70. The smallest absolute Gasteiger partial charge is 0.238 e. The van der Waals surface area contributed by atoms with Crippen molar-refractivity contribution in [2.75, 3.05) is 42.2 Å². The largest absolute Gasteiger partial charge is 0.397 e. The van der Waals surface area contributed by atoms with Crippen LogP contribution in [0, 0.1) is 6.92 Å². The van der Waals surface area contributed by atoms with Crippen molar-refractivity contribution in [2.45, 2.75) is 6.92 Å². The van der Waals surface area contributed by atoms with E-state index >= 15 is 0 Å². The minimum absolute atomic E-state index is 0.0803. The van der Waals surface area contributed by atoms with Crippen LogP contribution in [0.25, 0.3) is 0 Å². The first kappa shape index (κ1) is 14.0. The van der Waals surface area contributed by atoms with Crippen molar-refractivity contribution in [3.05, 3.63) is 23.8 Å². The van der Waals surface area contributed by atoms with Crippen LogP contribution < -0.4 is 11.1 Å². The Kier molecular flexibility index (Phi) is 4.55. The Morgan fingerprint density at radius 2 is 2.11 bits per heavy atom. The van der Waals surface area contributed by atoms with E-state index in [1.165, 1.54) is 0 Å². The molecule has 1 amide bonds. The summed E-state index contributed by atoms with van der Waals surface area (Å²) >= 11 is 0. The molecule has 1 aromatic carbocycles. The van der Waals surface area contributed by atoms with E-state index in [4.69, 9.17) is 5.73 Å². The zero-order chi connectivity index (χ0) is 13.8. The van der Waals surface area contributed by atoms with Gasteiger partial charge in [0.25, 0.3) is 0 Å².